The molecule has 142 valence electrons. The summed E-state index contributed by atoms with van der Waals surface area (Å²) in [5.41, 5.74) is 6.34. The molecule has 0 spiro atoms. The summed E-state index contributed by atoms with van der Waals surface area (Å²) in [6.07, 6.45) is 0.546. The van der Waals surface area contributed by atoms with Crippen LogP contribution >= 0.6 is 30.0 Å². The van der Waals surface area contributed by atoms with E-state index < -0.39 is 31.0 Å². The van der Waals surface area contributed by atoms with Crippen LogP contribution in [0.1, 0.15) is 19.4 Å². The average Bonchev–Trinajstić information content (AvgIpc) is 3.00. The maximum Gasteiger partial charge on any atom is 0.200 e. The van der Waals surface area contributed by atoms with Crippen molar-refractivity contribution in [1.29, 1.82) is 0 Å². The van der Waals surface area contributed by atoms with Gasteiger partial charge >= 0.3 is 0 Å². The highest BCUT2D eigenvalue weighted by Gasteiger charge is 2.72. The monoisotopic (exact) mass is 493 g/mol. The number of aliphatic hydroxyl groups is 2. The van der Waals surface area contributed by atoms with Crippen LogP contribution in [0.4, 0.5) is 5.82 Å². The molecule has 0 saturated heterocycles. The zero-order chi connectivity index (χ0) is 18.9. The SMILES string of the molecule is CCOP(C)(=O)C[C@@]12C[C@@H]1[C@@H](n1cnc3c(N)nc(I)nc31)[C@H](O)[C@@H]2O. The molecule has 4 rings (SSSR count). The molecule has 0 aromatic carbocycles. The van der Waals surface area contributed by atoms with E-state index in [1.54, 1.807) is 24.5 Å². The Hall–Kier alpha value is -0.810. The van der Waals surface area contributed by atoms with Crippen LogP contribution in [0.2, 0.25) is 0 Å². The second-order valence-corrected chi connectivity index (χ2v) is 10.8. The van der Waals surface area contributed by atoms with Gasteiger partial charge in [0.25, 0.3) is 0 Å². The Morgan fingerprint density at radius 1 is 1.50 bits per heavy atom. The molecule has 0 radical (unpaired) electrons. The number of halogens is 1. The number of fused-ring (bicyclic) bond motifs is 2. The summed E-state index contributed by atoms with van der Waals surface area (Å²) in [5.74, 6) is 0.259. The molecule has 2 fully saturated rings. The summed E-state index contributed by atoms with van der Waals surface area (Å²) in [6.45, 7) is 3.75. The van der Waals surface area contributed by atoms with Crippen LogP contribution < -0.4 is 5.73 Å². The fraction of sp³-hybridized carbons (Fsp3) is 0.667. The van der Waals surface area contributed by atoms with Crippen molar-refractivity contribution in [1.82, 2.24) is 19.5 Å². The van der Waals surface area contributed by atoms with Gasteiger partial charge in [-0.2, -0.15) is 0 Å². The number of anilines is 1. The normalized spacial score (nSPS) is 35.4. The number of imidazole rings is 1. The first-order valence-corrected chi connectivity index (χ1v) is 11.8. The van der Waals surface area contributed by atoms with Crippen molar-refractivity contribution >= 4 is 46.9 Å². The second kappa shape index (κ2) is 6.10. The van der Waals surface area contributed by atoms with E-state index in [-0.39, 0.29) is 17.9 Å². The van der Waals surface area contributed by atoms with Gasteiger partial charge in [-0.15, -0.1) is 0 Å². The molecule has 2 aliphatic rings. The predicted octanol–water partition coefficient (Wildman–Crippen LogP) is 1.24. The highest BCUT2D eigenvalue weighted by Crippen LogP contribution is 2.72. The van der Waals surface area contributed by atoms with E-state index in [4.69, 9.17) is 10.3 Å². The van der Waals surface area contributed by atoms with E-state index in [2.05, 4.69) is 15.0 Å². The first kappa shape index (κ1) is 18.5. The number of aromatic nitrogens is 4. The van der Waals surface area contributed by atoms with E-state index in [0.717, 1.165) is 0 Å². The van der Waals surface area contributed by atoms with Crippen molar-refractivity contribution in [2.24, 2.45) is 11.3 Å². The van der Waals surface area contributed by atoms with E-state index in [9.17, 15) is 14.8 Å². The van der Waals surface area contributed by atoms with Gasteiger partial charge in [0.05, 0.1) is 25.1 Å². The van der Waals surface area contributed by atoms with E-state index in [1.165, 1.54) is 0 Å². The van der Waals surface area contributed by atoms with Gasteiger partial charge in [0.2, 0.25) is 7.37 Å². The lowest BCUT2D eigenvalue weighted by molar-refractivity contribution is -0.0134. The third kappa shape index (κ3) is 2.69. The molecule has 2 aromatic heterocycles. The minimum atomic E-state index is -2.84. The molecule has 2 heterocycles. The molecule has 4 N–H and O–H groups in total. The minimum Gasteiger partial charge on any atom is -0.390 e. The lowest BCUT2D eigenvalue weighted by Crippen LogP contribution is -2.35. The van der Waals surface area contributed by atoms with Gasteiger partial charge in [-0.1, -0.05) is 0 Å². The average molecular weight is 493 g/mol. The molecule has 9 nitrogen and oxygen atoms in total. The molecule has 0 bridgehead atoms. The Morgan fingerprint density at radius 2 is 2.23 bits per heavy atom. The summed E-state index contributed by atoms with van der Waals surface area (Å²) >= 11 is 1.98. The molecule has 6 atom stereocenters. The van der Waals surface area contributed by atoms with Crippen molar-refractivity contribution < 1.29 is 19.3 Å². The molecule has 1 unspecified atom stereocenters. The number of nitrogens with zero attached hydrogens (tertiary/aromatic N) is 4. The topological polar surface area (TPSA) is 136 Å². The molecule has 2 saturated carbocycles. The van der Waals surface area contributed by atoms with Crippen LogP contribution in [0.5, 0.6) is 0 Å². The van der Waals surface area contributed by atoms with Crippen LogP contribution in [0.25, 0.3) is 11.2 Å². The maximum absolute atomic E-state index is 12.7. The van der Waals surface area contributed by atoms with Crippen molar-refractivity contribution in [3.05, 3.63) is 10.2 Å². The van der Waals surface area contributed by atoms with Gasteiger partial charge in [0, 0.05) is 40.8 Å². The number of hydrogen-bond acceptors (Lipinski definition) is 8. The molecule has 2 aliphatic carbocycles. The van der Waals surface area contributed by atoms with Crippen LogP contribution in [0.3, 0.4) is 0 Å². The van der Waals surface area contributed by atoms with Gasteiger partial charge in [0.1, 0.15) is 11.6 Å². The second-order valence-electron chi connectivity index (χ2n) is 7.26. The Balaban J connectivity index is 1.71. The molecular weight excluding hydrogens is 472 g/mol. The number of rotatable bonds is 5. The van der Waals surface area contributed by atoms with Crippen LogP contribution in [0.15, 0.2) is 6.33 Å². The van der Waals surface area contributed by atoms with Gasteiger partial charge in [0.15, 0.2) is 15.3 Å². The number of hydrogen-bond donors (Lipinski definition) is 3. The van der Waals surface area contributed by atoms with Crippen LogP contribution in [-0.4, -0.2) is 61.4 Å². The van der Waals surface area contributed by atoms with Gasteiger partial charge in [-0.3, -0.25) is 4.57 Å². The van der Waals surface area contributed by atoms with Crippen molar-refractivity contribution in [3.8, 4) is 0 Å². The third-order valence-corrected chi connectivity index (χ3v) is 8.03. The fourth-order valence-electron chi connectivity index (χ4n) is 4.53. The Labute approximate surface area is 164 Å². The first-order valence-electron chi connectivity index (χ1n) is 8.43. The fourth-order valence-corrected chi connectivity index (χ4v) is 7.28. The third-order valence-electron chi connectivity index (χ3n) is 5.58. The quantitative estimate of drug-likeness (QED) is 0.322. The van der Waals surface area contributed by atoms with Crippen molar-refractivity contribution in [2.75, 3.05) is 25.2 Å². The molecule has 0 aliphatic heterocycles. The lowest BCUT2D eigenvalue weighted by Gasteiger charge is -2.25. The summed E-state index contributed by atoms with van der Waals surface area (Å²) in [7, 11) is -2.84. The number of nitrogens with two attached hydrogens (primary N) is 1. The Bertz CT molecular complexity index is 923. The zero-order valence-electron chi connectivity index (χ0n) is 14.4. The van der Waals surface area contributed by atoms with Gasteiger partial charge in [-0.25, -0.2) is 15.0 Å². The van der Waals surface area contributed by atoms with Gasteiger partial charge in [-0.05, 0) is 19.3 Å². The number of nitrogen functional groups attached to an aromatic ring is 1. The van der Waals surface area contributed by atoms with Crippen LogP contribution in [-0.2, 0) is 9.09 Å². The summed E-state index contributed by atoms with van der Waals surface area (Å²) in [4.78, 5) is 12.8. The standard InChI is InChI=1S/C15H21IN5O4P/c1-3-25-26(2,24)5-15-4-7(15)9(10(22)11(15)23)21-6-18-8-12(17)19-14(16)20-13(8)21/h6-7,9-11,22-23H,3-5H2,1-2H3,(H2,17,19,20)/t7-,9-,10+,11+,15+,26?/m1/s1. The zero-order valence-corrected chi connectivity index (χ0v) is 17.5. The lowest BCUT2D eigenvalue weighted by atomic mass is 10.0. The van der Waals surface area contributed by atoms with Crippen LogP contribution in [0, 0.1) is 15.2 Å². The molecule has 11 heteroatoms. The maximum atomic E-state index is 12.7. The Kier molecular flexibility index (Phi) is 4.35. The largest absolute Gasteiger partial charge is 0.390 e. The summed E-state index contributed by atoms with van der Waals surface area (Å²) in [5, 5.41) is 21.4. The summed E-state index contributed by atoms with van der Waals surface area (Å²) in [6, 6.07) is -0.401. The molecule has 26 heavy (non-hydrogen) atoms. The van der Waals surface area contributed by atoms with E-state index in [0.29, 0.717) is 28.0 Å². The van der Waals surface area contributed by atoms with Crippen molar-refractivity contribution in [3.63, 3.8) is 0 Å². The van der Waals surface area contributed by atoms with E-state index >= 15 is 0 Å². The van der Waals surface area contributed by atoms with E-state index in [1.807, 2.05) is 22.6 Å². The molecule has 0 amide bonds. The van der Waals surface area contributed by atoms with Gasteiger partial charge < -0.3 is 25.0 Å². The molecular formula is C15H21IN5O4P. The highest BCUT2D eigenvalue weighted by atomic mass is 127. The smallest absolute Gasteiger partial charge is 0.200 e. The molecule has 2 aromatic rings. The highest BCUT2D eigenvalue weighted by molar-refractivity contribution is 14.1. The van der Waals surface area contributed by atoms with Crippen molar-refractivity contribution in [2.45, 2.75) is 31.6 Å². The first-order chi connectivity index (χ1) is 12.2. The minimum absolute atomic E-state index is 0.0208. The Morgan fingerprint density at radius 3 is 2.92 bits per heavy atom. The summed E-state index contributed by atoms with van der Waals surface area (Å²) < 4.78 is 20.3. The number of aliphatic hydroxyl groups excluding tert-OH is 2. The predicted molar refractivity (Wildman–Crippen MR) is 104 cm³/mol.